The molecule has 0 radical (unpaired) electrons. The minimum atomic E-state index is 0.148. The van der Waals surface area contributed by atoms with Gasteiger partial charge in [0.05, 0.1) is 13.2 Å². The van der Waals surface area contributed by atoms with Crippen LogP contribution in [0.2, 0.25) is 0 Å². The molecule has 82 valence electrons. The molecule has 0 saturated heterocycles. The Hall–Kier alpha value is -1.06. The van der Waals surface area contributed by atoms with Gasteiger partial charge in [0.1, 0.15) is 5.75 Å². The second kappa shape index (κ2) is 4.64. The fourth-order valence-corrected chi connectivity index (χ4v) is 1.71. The van der Waals surface area contributed by atoms with E-state index in [1.807, 2.05) is 13.0 Å². The Balaban J connectivity index is 1.98. The van der Waals surface area contributed by atoms with Crippen molar-refractivity contribution in [3.8, 4) is 5.75 Å². The van der Waals surface area contributed by atoms with Crippen molar-refractivity contribution in [3.63, 3.8) is 0 Å². The molecule has 1 atom stereocenters. The van der Waals surface area contributed by atoms with Gasteiger partial charge in [0.25, 0.3) is 0 Å². The summed E-state index contributed by atoms with van der Waals surface area (Å²) in [4.78, 5) is 0. The minimum Gasteiger partial charge on any atom is -0.493 e. The highest BCUT2D eigenvalue weighted by Gasteiger charge is 2.11. The normalized spacial score (nSPS) is 15.9. The van der Waals surface area contributed by atoms with Gasteiger partial charge in [0.2, 0.25) is 0 Å². The van der Waals surface area contributed by atoms with E-state index in [9.17, 15) is 0 Å². The quantitative estimate of drug-likeness (QED) is 0.776. The van der Waals surface area contributed by atoms with Crippen LogP contribution in [0.1, 0.15) is 18.1 Å². The molecule has 1 heterocycles. The smallest absolute Gasteiger partial charge is 0.122 e. The average Bonchev–Trinajstić information content (AvgIpc) is 2.72. The van der Waals surface area contributed by atoms with E-state index in [0.29, 0.717) is 0 Å². The maximum absolute atomic E-state index is 8.89. The first-order valence-corrected chi connectivity index (χ1v) is 5.38. The molecule has 2 rings (SSSR count). The lowest BCUT2D eigenvalue weighted by molar-refractivity contribution is 0.251. The van der Waals surface area contributed by atoms with Crippen molar-refractivity contribution >= 4 is 0 Å². The zero-order valence-corrected chi connectivity index (χ0v) is 8.99. The molecule has 0 spiro atoms. The summed E-state index contributed by atoms with van der Waals surface area (Å²) < 4.78 is 5.44. The van der Waals surface area contributed by atoms with Gasteiger partial charge in [-0.2, -0.15) is 0 Å². The molecule has 0 bridgehead atoms. The first-order chi connectivity index (χ1) is 7.29. The number of rotatable bonds is 4. The van der Waals surface area contributed by atoms with E-state index in [-0.39, 0.29) is 12.6 Å². The van der Waals surface area contributed by atoms with Gasteiger partial charge in [-0.1, -0.05) is 12.1 Å². The number of fused-ring (bicyclic) bond motifs is 1. The van der Waals surface area contributed by atoms with Crippen LogP contribution in [0.15, 0.2) is 18.2 Å². The van der Waals surface area contributed by atoms with Crippen LogP contribution >= 0.6 is 0 Å². The van der Waals surface area contributed by atoms with Crippen LogP contribution in [0, 0.1) is 0 Å². The Kier molecular flexibility index (Phi) is 3.23. The molecule has 2 N–H and O–H groups in total. The Morgan fingerprint density at radius 2 is 2.40 bits per heavy atom. The molecule has 15 heavy (non-hydrogen) atoms. The highest BCUT2D eigenvalue weighted by atomic mass is 16.5. The van der Waals surface area contributed by atoms with Crippen LogP contribution in [-0.2, 0) is 13.0 Å². The molecule has 3 heteroatoms. The fraction of sp³-hybridized carbons (Fsp3) is 0.500. The number of aliphatic hydroxyl groups is 1. The summed E-state index contributed by atoms with van der Waals surface area (Å²) in [6, 6.07) is 6.43. The Labute approximate surface area is 90.1 Å². The van der Waals surface area contributed by atoms with Crippen LogP contribution in [0.25, 0.3) is 0 Å². The van der Waals surface area contributed by atoms with E-state index in [2.05, 4.69) is 17.4 Å². The van der Waals surface area contributed by atoms with Gasteiger partial charge in [-0.05, 0) is 24.1 Å². The van der Waals surface area contributed by atoms with Gasteiger partial charge in [-0.25, -0.2) is 0 Å². The maximum Gasteiger partial charge on any atom is 0.122 e. The van der Waals surface area contributed by atoms with Crippen LogP contribution < -0.4 is 10.1 Å². The molecule has 0 amide bonds. The molecule has 0 aliphatic carbocycles. The number of hydrogen-bond donors (Lipinski definition) is 2. The van der Waals surface area contributed by atoms with Crippen LogP contribution in [0.4, 0.5) is 0 Å². The van der Waals surface area contributed by atoms with Gasteiger partial charge >= 0.3 is 0 Å². The van der Waals surface area contributed by atoms with Crippen LogP contribution in [-0.4, -0.2) is 24.4 Å². The van der Waals surface area contributed by atoms with E-state index in [1.165, 1.54) is 11.1 Å². The fourth-order valence-electron chi connectivity index (χ4n) is 1.71. The molecule has 1 aliphatic rings. The predicted molar refractivity (Wildman–Crippen MR) is 59.0 cm³/mol. The molecule has 0 aromatic heterocycles. The predicted octanol–water partition coefficient (Wildman–Crippen LogP) is 1.09. The van der Waals surface area contributed by atoms with E-state index < -0.39 is 0 Å². The molecule has 0 unspecified atom stereocenters. The molecule has 1 aromatic carbocycles. The lowest BCUT2D eigenvalue weighted by Gasteiger charge is -2.11. The van der Waals surface area contributed by atoms with E-state index >= 15 is 0 Å². The third-order valence-corrected chi connectivity index (χ3v) is 2.68. The zero-order valence-electron chi connectivity index (χ0n) is 8.99. The van der Waals surface area contributed by atoms with Crippen molar-refractivity contribution in [2.45, 2.75) is 25.9 Å². The van der Waals surface area contributed by atoms with Gasteiger partial charge < -0.3 is 15.2 Å². The lowest BCUT2D eigenvalue weighted by atomic mass is 10.1. The van der Waals surface area contributed by atoms with Gasteiger partial charge in [-0.3, -0.25) is 0 Å². The summed E-state index contributed by atoms with van der Waals surface area (Å²) in [5, 5.41) is 12.1. The van der Waals surface area contributed by atoms with Crippen LogP contribution in [0.5, 0.6) is 5.75 Å². The van der Waals surface area contributed by atoms with Gasteiger partial charge in [-0.15, -0.1) is 0 Å². The number of nitrogens with one attached hydrogen (secondary N) is 1. The third kappa shape index (κ3) is 2.49. The number of hydrogen-bond acceptors (Lipinski definition) is 3. The first kappa shape index (κ1) is 10.5. The Bertz CT molecular complexity index is 338. The zero-order chi connectivity index (χ0) is 10.7. The van der Waals surface area contributed by atoms with Gasteiger partial charge in [0, 0.05) is 19.0 Å². The minimum absolute atomic E-state index is 0.148. The lowest BCUT2D eigenvalue weighted by Crippen LogP contribution is -2.28. The highest BCUT2D eigenvalue weighted by molar-refractivity contribution is 5.39. The monoisotopic (exact) mass is 207 g/mol. The van der Waals surface area contributed by atoms with Crippen molar-refractivity contribution in [1.82, 2.24) is 5.32 Å². The van der Waals surface area contributed by atoms with E-state index in [1.54, 1.807) is 0 Å². The molecular formula is C12H17NO2. The van der Waals surface area contributed by atoms with Crippen molar-refractivity contribution in [2.24, 2.45) is 0 Å². The maximum atomic E-state index is 8.89. The van der Waals surface area contributed by atoms with Crippen LogP contribution in [0.3, 0.4) is 0 Å². The number of benzene rings is 1. The molecule has 0 saturated carbocycles. The standard InChI is InChI=1S/C12H17NO2/c1-9(8-14)13-7-10-2-3-12-11(6-10)4-5-15-12/h2-3,6,9,13-14H,4-5,7-8H2,1H3/t9-/m0/s1. The molecule has 1 aromatic rings. The van der Waals surface area contributed by atoms with Crippen molar-refractivity contribution in [2.75, 3.05) is 13.2 Å². The van der Waals surface area contributed by atoms with Crippen molar-refractivity contribution in [1.29, 1.82) is 0 Å². The third-order valence-electron chi connectivity index (χ3n) is 2.68. The summed E-state index contributed by atoms with van der Waals surface area (Å²) in [6.07, 6.45) is 1.01. The molecule has 0 fully saturated rings. The summed E-state index contributed by atoms with van der Waals surface area (Å²) in [5.41, 5.74) is 2.55. The Morgan fingerprint density at radius 3 is 3.20 bits per heavy atom. The molecule has 1 aliphatic heterocycles. The Morgan fingerprint density at radius 1 is 1.53 bits per heavy atom. The number of ether oxygens (including phenoxy) is 1. The second-order valence-corrected chi connectivity index (χ2v) is 4.01. The largest absolute Gasteiger partial charge is 0.493 e. The SMILES string of the molecule is C[C@@H](CO)NCc1ccc2c(c1)CCO2. The van der Waals surface area contributed by atoms with Gasteiger partial charge in [0.15, 0.2) is 0 Å². The number of aliphatic hydroxyl groups excluding tert-OH is 1. The topological polar surface area (TPSA) is 41.5 Å². The van der Waals surface area contributed by atoms with Crippen molar-refractivity contribution in [3.05, 3.63) is 29.3 Å². The first-order valence-electron chi connectivity index (χ1n) is 5.38. The second-order valence-electron chi connectivity index (χ2n) is 4.01. The summed E-state index contributed by atoms with van der Waals surface area (Å²) in [5.74, 6) is 1.02. The molecular weight excluding hydrogens is 190 g/mol. The van der Waals surface area contributed by atoms with E-state index in [0.717, 1.165) is 25.3 Å². The highest BCUT2D eigenvalue weighted by Crippen LogP contribution is 2.25. The summed E-state index contributed by atoms with van der Waals surface area (Å²) in [7, 11) is 0. The van der Waals surface area contributed by atoms with E-state index in [4.69, 9.17) is 9.84 Å². The average molecular weight is 207 g/mol. The van der Waals surface area contributed by atoms with Crippen molar-refractivity contribution < 1.29 is 9.84 Å². The molecule has 3 nitrogen and oxygen atoms in total. The summed E-state index contributed by atoms with van der Waals surface area (Å²) in [6.45, 7) is 3.75. The summed E-state index contributed by atoms with van der Waals surface area (Å²) >= 11 is 0.